The maximum absolute atomic E-state index is 11.8. The molecule has 1 unspecified atom stereocenters. The molecule has 1 atom stereocenters. The summed E-state index contributed by atoms with van der Waals surface area (Å²) in [6.45, 7) is 1.42. The van der Waals surface area contributed by atoms with Crippen LogP contribution in [0.25, 0.3) is 0 Å². The summed E-state index contributed by atoms with van der Waals surface area (Å²) in [5.41, 5.74) is 5.67. The normalized spacial score (nSPS) is 13.1. The van der Waals surface area contributed by atoms with Crippen LogP contribution in [0.4, 0.5) is 5.69 Å². The van der Waals surface area contributed by atoms with Gasteiger partial charge in [-0.15, -0.1) is 0 Å². The Labute approximate surface area is 119 Å². The van der Waals surface area contributed by atoms with Crippen LogP contribution in [-0.2, 0) is 10.0 Å². The van der Waals surface area contributed by atoms with Crippen LogP contribution in [0, 0.1) is 0 Å². The first-order valence-electron chi connectivity index (χ1n) is 4.50. The zero-order valence-electron chi connectivity index (χ0n) is 8.78. The van der Waals surface area contributed by atoms with Gasteiger partial charge in [0, 0.05) is 4.47 Å². The van der Waals surface area contributed by atoms with E-state index in [9.17, 15) is 8.42 Å². The molecule has 8 heteroatoms. The Morgan fingerprint density at radius 2 is 2.18 bits per heavy atom. The first-order valence-corrected chi connectivity index (χ1v) is 7.62. The number of thiocarbonyl (C=S) groups is 1. The van der Waals surface area contributed by atoms with Crippen LogP contribution < -0.4 is 10.5 Å². The average molecular weight is 358 g/mol. The van der Waals surface area contributed by atoms with Gasteiger partial charge in [0.15, 0.2) is 0 Å². The van der Waals surface area contributed by atoms with Crippen LogP contribution in [0.1, 0.15) is 6.92 Å². The summed E-state index contributed by atoms with van der Waals surface area (Å²) < 4.78 is 26.7. The predicted molar refractivity (Wildman–Crippen MR) is 77.9 cm³/mol. The molecular formula is C9H10BrClN2O2S2. The SMILES string of the molecule is CC(C(N)=S)S(=O)(=O)Nc1ccc(Br)c(Cl)c1. The van der Waals surface area contributed by atoms with Crippen molar-refractivity contribution in [1.82, 2.24) is 0 Å². The van der Waals surface area contributed by atoms with Crippen molar-refractivity contribution < 1.29 is 8.42 Å². The summed E-state index contributed by atoms with van der Waals surface area (Å²) in [4.78, 5) is -0.0827. The minimum atomic E-state index is -3.63. The van der Waals surface area contributed by atoms with Gasteiger partial charge in [-0.25, -0.2) is 8.42 Å². The van der Waals surface area contributed by atoms with Crippen molar-refractivity contribution in [3.63, 3.8) is 0 Å². The number of hydrogen-bond acceptors (Lipinski definition) is 3. The number of benzene rings is 1. The Kier molecular flexibility index (Phi) is 4.77. The van der Waals surface area contributed by atoms with E-state index in [0.29, 0.717) is 15.2 Å². The molecule has 0 aliphatic carbocycles. The molecule has 17 heavy (non-hydrogen) atoms. The number of nitrogens with one attached hydrogen (secondary N) is 1. The van der Waals surface area contributed by atoms with Crippen molar-refractivity contribution in [3.8, 4) is 0 Å². The molecular weight excluding hydrogens is 348 g/mol. The van der Waals surface area contributed by atoms with E-state index in [0.717, 1.165) is 0 Å². The summed E-state index contributed by atoms with van der Waals surface area (Å²) in [7, 11) is -3.63. The van der Waals surface area contributed by atoms with Crippen LogP contribution in [-0.4, -0.2) is 18.7 Å². The van der Waals surface area contributed by atoms with Crippen molar-refractivity contribution in [2.45, 2.75) is 12.2 Å². The monoisotopic (exact) mass is 356 g/mol. The zero-order valence-corrected chi connectivity index (χ0v) is 12.8. The van der Waals surface area contributed by atoms with Gasteiger partial charge in [-0.05, 0) is 41.1 Å². The Morgan fingerprint density at radius 3 is 2.65 bits per heavy atom. The fourth-order valence-corrected chi connectivity index (χ4v) is 2.71. The third-order valence-electron chi connectivity index (χ3n) is 2.05. The quantitative estimate of drug-likeness (QED) is 0.812. The Hall–Kier alpha value is -0.370. The molecule has 0 aliphatic heterocycles. The molecule has 0 bridgehead atoms. The minimum Gasteiger partial charge on any atom is -0.392 e. The molecule has 4 nitrogen and oxygen atoms in total. The van der Waals surface area contributed by atoms with E-state index in [1.807, 2.05) is 0 Å². The zero-order chi connectivity index (χ0) is 13.2. The van der Waals surface area contributed by atoms with Crippen LogP contribution in [0.15, 0.2) is 22.7 Å². The standard InChI is InChI=1S/C9H10BrClN2O2S2/c1-5(9(12)16)17(14,15)13-6-2-3-7(10)8(11)4-6/h2-5,13H,1H3,(H2,12,16). The lowest BCUT2D eigenvalue weighted by molar-refractivity contribution is 0.598. The molecule has 0 aliphatic rings. The average Bonchev–Trinajstić information content (AvgIpc) is 2.22. The highest BCUT2D eigenvalue weighted by Gasteiger charge is 2.23. The second kappa shape index (κ2) is 5.51. The van der Waals surface area contributed by atoms with Crippen molar-refractivity contribution in [1.29, 1.82) is 0 Å². The maximum atomic E-state index is 11.8. The Bertz CT molecular complexity index is 548. The molecule has 0 spiro atoms. The first kappa shape index (κ1) is 14.7. The topological polar surface area (TPSA) is 72.2 Å². The Balaban J connectivity index is 2.98. The van der Waals surface area contributed by atoms with Crippen molar-refractivity contribution >= 4 is 60.4 Å². The van der Waals surface area contributed by atoms with Gasteiger partial charge in [0.25, 0.3) is 0 Å². The summed E-state index contributed by atoms with van der Waals surface area (Å²) in [5.74, 6) is 0. The molecule has 0 fully saturated rings. The molecule has 0 amide bonds. The third-order valence-corrected chi connectivity index (χ3v) is 5.49. The molecule has 0 saturated heterocycles. The van der Waals surface area contributed by atoms with Gasteiger partial charge < -0.3 is 5.73 Å². The molecule has 94 valence electrons. The van der Waals surface area contributed by atoms with Gasteiger partial charge in [-0.2, -0.15) is 0 Å². The lowest BCUT2D eigenvalue weighted by atomic mass is 10.3. The van der Waals surface area contributed by atoms with E-state index in [2.05, 4.69) is 32.9 Å². The van der Waals surface area contributed by atoms with E-state index in [-0.39, 0.29) is 4.99 Å². The first-order chi connectivity index (χ1) is 7.74. The van der Waals surface area contributed by atoms with Crippen LogP contribution in [0.5, 0.6) is 0 Å². The summed E-state index contributed by atoms with van der Waals surface area (Å²) in [5, 5.41) is -0.534. The van der Waals surface area contributed by atoms with Gasteiger partial charge in [0.1, 0.15) is 5.25 Å². The number of sulfonamides is 1. The largest absolute Gasteiger partial charge is 0.392 e. The molecule has 0 heterocycles. The second-order valence-electron chi connectivity index (χ2n) is 3.32. The van der Waals surface area contributed by atoms with Gasteiger partial charge >= 0.3 is 0 Å². The number of anilines is 1. The lowest BCUT2D eigenvalue weighted by Crippen LogP contribution is -2.35. The van der Waals surface area contributed by atoms with Crippen molar-refractivity contribution in [3.05, 3.63) is 27.7 Å². The van der Waals surface area contributed by atoms with E-state index < -0.39 is 15.3 Å². The maximum Gasteiger partial charge on any atom is 0.241 e. The highest BCUT2D eigenvalue weighted by Crippen LogP contribution is 2.26. The molecule has 0 aromatic heterocycles. The lowest BCUT2D eigenvalue weighted by Gasteiger charge is -2.13. The van der Waals surface area contributed by atoms with Gasteiger partial charge in [-0.3, -0.25) is 4.72 Å². The summed E-state index contributed by atoms with van der Waals surface area (Å²) in [6, 6.07) is 4.72. The van der Waals surface area contributed by atoms with E-state index in [1.54, 1.807) is 12.1 Å². The molecule has 0 saturated carbocycles. The smallest absolute Gasteiger partial charge is 0.241 e. The van der Waals surface area contributed by atoms with Gasteiger partial charge in [-0.1, -0.05) is 23.8 Å². The third kappa shape index (κ3) is 3.80. The fraction of sp³-hybridized carbons (Fsp3) is 0.222. The van der Waals surface area contributed by atoms with Crippen molar-refractivity contribution in [2.75, 3.05) is 4.72 Å². The van der Waals surface area contributed by atoms with E-state index >= 15 is 0 Å². The van der Waals surface area contributed by atoms with E-state index in [1.165, 1.54) is 13.0 Å². The fourth-order valence-electron chi connectivity index (χ4n) is 0.965. The molecule has 3 N–H and O–H groups in total. The molecule has 1 aromatic carbocycles. The number of rotatable bonds is 4. The van der Waals surface area contributed by atoms with Crippen molar-refractivity contribution in [2.24, 2.45) is 5.73 Å². The molecule has 0 radical (unpaired) electrons. The second-order valence-corrected chi connectivity index (χ2v) is 7.05. The van der Waals surface area contributed by atoms with Crippen LogP contribution in [0.2, 0.25) is 5.02 Å². The highest BCUT2D eigenvalue weighted by molar-refractivity contribution is 9.10. The van der Waals surface area contributed by atoms with Crippen LogP contribution in [0.3, 0.4) is 0 Å². The number of halogens is 2. The minimum absolute atomic E-state index is 0.0827. The molecule has 1 aromatic rings. The summed E-state index contributed by atoms with van der Waals surface area (Å²) >= 11 is 13.7. The summed E-state index contributed by atoms with van der Waals surface area (Å²) in [6.07, 6.45) is 0. The van der Waals surface area contributed by atoms with E-state index in [4.69, 9.17) is 17.3 Å². The highest BCUT2D eigenvalue weighted by atomic mass is 79.9. The molecule has 1 rings (SSSR count). The Morgan fingerprint density at radius 1 is 1.59 bits per heavy atom. The predicted octanol–water partition coefficient (Wildman–Crippen LogP) is 2.52. The van der Waals surface area contributed by atoms with Crippen LogP contribution >= 0.6 is 39.7 Å². The number of hydrogen-bond donors (Lipinski definition) is 2. The van der Waals surface area contributed by atoms with Gasteiger partial charge in [0.2, 0.25) is 10.0 Å². The number of nitrogens with two attached hydrogens (primary N) is 1. The van der Waals surface area contributed by atoms with Gasteiger partial charge in [0.05, 0.1) is 15.7 Å².